The van der Waals surface area contributed by atoms with E-state index in [4.69, 9.17) is 9.47 Å². The van der Waals surface area contributed by atoms with Crippen molar-refractivity contribution in [3.8, 4) is 5.75 Å². The summed E-state index contributed by atoms with van der Waals surface area (Å²) in [5.74, 6) is 0.766. The Kier molecular flexibility index (Phi) is 6.99. The van der Waals surface area contributed by atoms with Crippen LogP contribution in [0.1, 0.15) is 31.9 Å². The fourth-order valence-corrected chi connectivity index (χ4v) is 1.98. The molecule has 0 bridgehead atoms. The van der Waals surface area contributed by atoms with E-state index in [-0.39, 0.29) is 5.41 Å². The molecule has 1 aromatic carbocycles. The highest BCUT2D eigenvalue weighted by Gasteiger charge is 2.18. The largest absolute Gasteiger partial charge is 0.497 e. The Morgan fingerprint density at radius 2 is 2.05 bits per heavy atom. The van der Waals surface area contributed by atoms with Crippen LogP contribution in [0, 0.1) is 5.41 Å². The van der Waals surface area contributed by atoms with Gasteiger partial charge in [0.25, 0.3) is 0 Å². The molecule has 0 saturated heterocycles. The molecule has 1 unspecified atom stereocenters. The number of hydrogen-bond acceptors (Lipinski definition) is 4. The van der Waals surface area contributed by atoms with Crippen LogP contribution < -0.4 is 10.1 Å². The first-order chi connectivity index (χ1) is 9.48. The number of nitrogens with one attached hydrogen (secondary N) is 1. The van der Waals surface area contributed by atoms with Gasteiger partial charge in [-0.3, -0.25) is 0 Å². The smallest absolute Gasteiger partial charge is 0.119 e. The summed E-state index contributed by atoms with van der Waals surface area (Å²) in [4.78, 5) is 0. The van der Waals surface area contributed by atoms with Gasteiger partial charge in [-0.2, -0.15) is 0 Å². The quantitative estimate of drug-likeness (QED) is 0.729. The van der Waals surface area contributed by atoms with Gasteiger partial charge in [0.05, 0.1) is 13.2 Å². The van der Waals surface area contributed by atoms with E-state index in [1.54, 1.807) is 14.2 Å². The summed E-state index contributed by atoms with van der Waals surface area (Å²) in [5.41, 5.74) is 1.02. The first-order valence-electron chi connectivity index (χ1n) is 7.00. The zero-order valence-electron chi connectivity index (χ0n) is 13.0. The van der Waals surface area contributed by atoms with Gasteiger partial charge in [0, 0.05) is 26.8 Å². The number of aliphatic hydroxyl groups is 1. The minimum absolute atomic E-state index is 0.157. The van der Waals surface area contributed by atoms with E-state index in [1.807, 2.05) is 24.3 Å². The van der Waals surface area contributed by atoms with Crippen molar-refractivity contribution >= 4 is 0 Å². The van der Waals surface area contributed by atoms with Crippen LogP contribution in [0.25, 0.3) is 0 Å². The van der Waals surface area contributed by atoms with Crippen LogP contribution in [-0.4, -0.2) is 39.0 Å². The molecule has 20 heavy (non-hydrogen) atoms. The van der Waals surface area contributed by atoms with Crippen molar-refractivity contribution < 1.29 is 14.6 Å². The summed E-state index contributed by atoms with van der Waals surface area (Å²) < 4.78 is 10.3. The van der Waals surface area contributed by atoms with Crippen LogP contribution in [0.2, 0.25) is 0 Å². The molecule has 2 N–H and O–H groups in total. The molecule has 4 heteroatoms. The second-order valence-electron chi connectivity index (χ2n) is 5.83. The monoisotopic (exact) mass is 281 g/mol. The van der Waals surface area contributed by atoms with Gasteiger partial charge in [0.1, 0.15) is 5.75 Å². The highest BCUT2D eigenvalue weighted by molar-refractivity contribution is 5.29. The van der Waals surface area contributed by atoms with Crippen LogP contribution >= 0.6 is 0 Å². The van der Waals surface area contributed by atoms with Gasteiger partial charge in [-0.05, 0) is 29.5 Å². The molecule has 0 radical (unpaired) electrons. The van der Waals surface area contributed by atoms with Crippen molar-refractivity contribution in [1.82, 2.24) is 5.32 Å². The van der Waals surface area contributed by atoms with E-state index in [1.165, 1.54) is 0 Å². The van der Waals surface area contributed by atoms with Crippen LogP contribution in [0.15, 0.2) is 24.3 Å². The molecule has 0 aromatic heterocycles. The molecule has 0 fully saturated rings. The van der Waals surface area contributed by atoms with Crippen LogP contribution in [-0.2, 0) is 4.74 Å². The molecule has 1 aromatic rings. The molecular formula is C16H27NO3. The van der Waals surface area contributed by atoms with E-state index in [0.717, 1.165) is 30.9 Å². The lowest BCUT2D eigenvalue weighted by atomic mass is 9.89. The Hall–Kier alpha value is -1.10. The third-order valence-electron chi connectivity index (χ3n) is 3.40. The number of rotatable bonds is 9. The molecule has 0 heterocycles. The van der Waals surface area contributed by atoms with E-state index in [2.05, 4.69) is 19.2 Å². The van der Waals surface area contributed by atoms with E-state index < -0.39 is 6.10 Å². The van der Waals surface area contributed by atoms with Crippen LogP contribution in [0.4, 0.5) is 0 Å². The van der Waals surface area contributed by atoms with Gasteiger partial charge < -0.3 is 19.9 Å². The summed E-state index contributed by atoms with van der Waals surface area (Å²) in [7, 11) is 3.35. The number of methoxy groups -OCH3 is 2. The van der Waals surface area contributed by atoms with Crippen molar-refractivity contribution in [2.45, 2.75) is 26.4 Å². The Morgan fingerprint density at radius 1 is 1.30 bits per heavy atom. The SMILES string of the molecule is COCCC(C)(C)CNCC(O)c1cccc(OC)c1. The zero-order chi connectivity index (χ0) is 15.0. The fourth-order valence-electron chi connectivity index (χ4n) is 1.98. The predicted molar refractivity (Wildman–Crippen MR) is 81.1 cm³/mol. The maximum Gasteiger partial charge on any atom is 0.119 e. The lowest BCUT2D eigenvalue weighted by molar-refractivity contribution is 0.140. The molecule has 0 saturated carbocycles. The molecule has 0 aliphatic carbocycles. The molecule has 1 rings (SSSR count). The van der Waals surface area contributed by atoms with Gasteiger partial charge in [-0.15, -0.1) is 0 Å². The summed E-state index contributed by atoms with van der Waals surface area (Å²) in [6.07, 6.45) is 0.467. The Labute approximate surface area is 122 Å². The Balaban J connectivity index is 2.40. The summed E-state index contributed by atoms with van der Waals surface area (Å²) in [6.45, 7) is 6.52. The average molecular weight is 281 g/mol. The maximum atomic E-state index is 10.2. The molecule has 0 spiro atoms. The summed E-state index contributed by atoms with van der Waals surface area (Å²) in [6, 6.07) is 7.53. The van der Waals surface area contributed by atoms with Crippen molar-refractivity contribution in [3.05, 3.63) is 29.8 Å². The highest BCUT2D eigenvalue weighted by atomic mass is 16.5. The Morgan fingerprint density at radius 3 is 2.70 bits per heavy atom. The van der Waals surface area contributed by atoms with Crippen LogP contribution in [0.5, 0.6) is 5.75 Å². The molecular weight excluding hydrogens is 254 g/mol. The molecule has 0 aliphatic heterocycles. The number of aliphatic hydroxyl groups excluding tert-OH is 1. The number of ether oxygens (including phenoxy) is 2. The van der Waals surface area contributed by atoms with Gasteiger partial charge in [0.2, 0.25) is 0 Å². The second-order valence-corrected chi connectivity index (χ2v) is 5.83. The lowest BCUT2D eigenvalue weighted by Crippen LogP contribution is -2.33. The first kappa shape index (κ1) is 17.0. The van der Waals surface area contributed by atoms with Gasteiger partial charge in [-0.25, -0.2) is 0 Å². The van der Waals surface area contributed by atoms with E-state index in [9.17, 15) is 5.11 Å². The van der Waals surface area contributed by atoms with Crippen molar-refractivity contribution in [2.24, 2.45) is 5.41 Å². The molecule has 0 aliphatic rings. The standard InChI is InChI=1S/C16H27NO3/c1-16(2,8-9-19-3)12-17-11-15(18)13-6-5-7-14(10-13)20-4/h5-7,10,15,17-18H,8-9,11-12H2,1-4H3. The van der Waals surface area contributed by atoms with Crippen molar-refractivity contribution in [3.63, 3.8) is 0 Å². The maximum absolute atomic E-state index is 10.2. The number of hydrogen-bond donors (Lipinski definition) is 2. The van der Waals surface area contributed by atoms with Crippen molar-refractivity contribution in [2.75, 3.05) is 33.9 Å². The van der Waals surface area contributed by atoms with Crippen LogP contribution in [0.3, 0.4) is 0 Å². The summed E-state index contributed by atoms with van der Waals surface area (Å²) in [5, 5.41) is 13.5. The third kappa shape index (κ3) is 5.90. The number of benzene rings is 1. The fraction of sp³-hybridized carbons (Fsp3) is 0.625. The average Bonchev–Trinajstić information content (AvgIpc) is 2.45. The predicted octanol–water partition coefficient (Wildman–Crippen LogP) is 2.38. The minimum Gasteiger partial charge on any atom is -0.497 e. The van der Waals surface area contributed by atoms with Gasteiger partial charge in [-0.1, -0.05) is 26.0 Å². The molecule has 4 nitrogen and oxygen atoms in total. The van der Waals surface area contributed by atoms with Gasteiger partial charge >= 0.3 is 0 Å². The van der Waals surface area contributed by atoms with E-state index >= 15 is 0 Å². The van der Waals surface area contributed by atoms with Gasteiger partial charge in [0.15, 0.2) is 0 Å². The normalized spacial score (nSPS) is 13.2. The van der Waals surface area contributed by atoms with Crippen molar-refractivity contribution in [1.29, 1.82) is 0 Å². The Bertz CT molecular complexity index is 393. The third-order valence-corrected chi connectivity index (χ3v) is 3.40. The topological polar surface area (TPSA) is 50.7 Å². The first-order valence-corrected chi connectivity index (χ1v) is 7.00. The zero-order valence-corrected chi connectivity index (χ0v) is 13.0. The molecule has 0 amide bonds. The highest BCUT2D eigenvalue weighted by Crippen LogP contribution is 2.21. The molecule has 114 valence electrons. The lowest BCUT2D eigenvalue weighted by Gasteiger charge is -2.25. The summed E-state index contributed by atoms with van der Waals surface area (Å²) >= 11 is 0. The molecule has 1 atom stereocenters. The van der Waals surface area contributed by atoms with E-state index in [0.29, 0.717) is 6.54 Å². The second kappa shape index (κ2) is 8.25. The minimum atomic E-state index is -0.525.